The molecule has 2 heterocycles. The molecule has 5 rings (SSSR count). The van der Waals surface area contributed by atoms with E-state index in [4.69, 9.17) is 18.9 Å². The molecule has 2 aliphatic heterocycles. The molecule has 0 aromatic heterocycles. The monoisotopic (exact) mass is 458 g/mol. The Morgan fingerprint density at radius 1 is 0.853 bits per heavy atom. The Labute approximate surface area is 196 Å². The summed E-state index contributed by atoms with van der Waals surface area (Å²) < 4.78 is 21.5. The zero-order valence-electron chi connectivity index (χ0n) is 18.9. The fraction of sp³-hybridized carbons (Fsp3) is 0.154. The molecule has 172 valence electrons. The molecular weight excluding hydrogens is 436 g/mol. The Morgan fingerprint density at radius 2 is 1.62 bits per heavy atom. The maximum absolute atomic E-state index is 13.7. The van der Waals surface area contributed by atoms with Gasteiger partial charge in [0.2, 0.25) is 6.79 Å². The van der Waals surface area contributed by atoms with Gasteiger partial charge in [-0.05, 0) is 36.8 Å². The lowest BCUT2D eigenvalue weighted by Crippen LogP contribution is -2.32. The summed E-state index contributed by atoms with van der Waals surface area (Å²) >= 11 is 0. The third kappa shape index (κ3) is 3.59. The molecule has 0 fully saturated rings. The fourth-order valence-electron chi connectivity index (χ4n) is 3.94. The lowest BCUT2D eigenvalue weighted by atomic mass is 10.0. The number of nitrogens with zero attached hydrogens (tertiary/aromatic N) is 1. The molecule has 34 heavy (non-hydrogen) atoms. The second-order valence-corrected chi connectivity index (χ2v) is 7.79. The molecule has 2 amide bonds. The standard InChI is InChI=1S/C26H22N2O6/c1-15-4-6-16(7-5-15)23-24(27-17-8-11-20-22(12-17)34-14-33-20)26(30)28(25(23)29)19-10-9-18(31-2)13-21(19)32-3/h4-13,27H,14H2,1-3H3. The molecule has 1 N–H and O–H groups in total. The number of fused-ring (bicyclic) bond motifs is 1. The molecule has 0 saturated heterocycles. The van der Waals surface area contributed by atoms with Gasteiger partial charge in [0.15, 0.2) is 11.5 Å². The van der Waals surface area contributed by atoms with Crippen molar-refractivity contribution in [3.63, 3.8) is 0 Å². The Balaban J connectivity index is 1.60. The molecule has 3 aromatic carbocycles. The number of anilines is 2. The van der Waals surface area contributed by atoms with E-state index in [1.54, 1.807) is 36.4 Å². The summed E-state index contributed by atoms with van der Waals surface area (Å²) in [5, 5.41) is 3.14. The number of carbonyl (C=O) groups excluding carboxylic acids is 2. The van der Waals surface area contributed by atoms with Crippen molar-refractivity contribution < 1.29 is 28.5 Å². The van der Waals surface area contributed by atoms with Crippen LogP contribution in [0.1, 0.15) is 11.1 Å². The first kappa shape index (κ1) is 21.4. The van der Waals surface area contributed by atoms with Crippen LogP contribution in [0.3, 0.4) is 0 Å². The average molecular weight is 458 g/mol. The molecular formula is C26H22N2O6. The van der Waals surface area contributed by atoms with Crippen molar-refractivity contribution in [1.29, 1.82) is 0 Å². The van der Waals surface area contributed by atoms with Crippen LogP contribution in [-0.4, -0.2) is 32.8 Å². The van der Waals surface area contributed by atoms with Gasteiger partial charge < -0.3 is 24.3 Å². The van der Waals surface area contributed by atoms with Crippen LogP contribution in [0.25, 0.3) is 5.57 Å². The molecule has 0 unspecified atom stereocenters. The van der Waals surface area contributed by atoms with E-state index in [2.05, 4.69) is 5.32 Å². The van der Waals surface area contributed by atoms with E-state index in [9.17, 15) is 9.59 Å². The normalized spacial score (nSPS) is 14.6. The van der Waals surface area contributed by atoms with Gasteiger partial charge in [0.1, 0.15) is 17.2 Å². The average Bonchev–Trinajstić information content (AvgIpc) is 3.41. The number of nitrogens with one attached hydrogen (secondary N) is 1. The highest BCUT2D eigenvalue weighted by atomic mass is 16.7. The molecule has 0 bridgehead atoms. The minimum absolute atomic E-state index is 0.137. The van der Waals surface area contributed by atoms with Gasteiger partial charge in [-0.15, -0.1) is 0 Å². The number of amides is 2. The second kappa shape index (κ2) is 8.47. The van der Waals surface area contributed by atoms with E-state index in [1.807, 2.05) is 31.2 Å². The van der Waals surface area contributed by atoms with Crippen LogP contribution in [0.5, 0.6) is 23.0 Å². The van der Waals surface area contributed by atoms with Gasteiger partial charge in [0.25, 0.3) is 11.8 Å². The number of hydrogen-bond donors (Lipinski definition) is 1. The number of imide groups is 1. The number of rotatable bonds is 6. The van der Waals surface area contributed by atoms with E-state index >= 15 is 0 Å². The summed E-state index contributed by atoms with van der Waals surface area (Å²) in [7, 11) is 3.01. The van der Waals surface area contributed by atoms with Crippen LogP contribution in [0.4, 0.5) is 11.4 Å². The lowest BCUT2D eigenvalue weighted by Gasteiger charge is -2.19. The van der Waals surface area contributed by atoms with E-state index in [0.29, 0.717) is 39.9 Å². The molecule has 8 heteroatoms. The minimum Gasteiger partial charge on any atom is -0.497 e. The number of aryl methyl sites for hydroxylation is 1. The third-order valence-corrected chi connectivity index (χ3v) is 5.69. The van der Waals surface area contributed by atoms with E-state index in [1.165, 1.54) is 14.2 Å². The van der Waals surface area contributed by atoms with Crippen LogP contribution in [-0.2, 0) is 9.59 Å². The Bertz CT molecular complexity index is 1330. The third-order valence-electron chi connectivity index (χ3n) is 5.69. The van der Waals surface area contributed by atoms with Crippen LogP contribution in [0, 0.1) is 6.92 Å². The Morgan fingerprint density at radius 3 is 2.35 bits per heavy atom. The van der Waals surface area contributed by atoms with Gasteiger partial charge in [-0.2, -0.15) is 0 Å². The lowest BCUT2D eigenvalue weighted by molar-refractivity contribution is -0.120. The Kier molecular flexibility index (Phi) is 5.33. The van der Waals surface area contributed by atoms with Crippen molar-refractivity contribution in [3.8, 4) is 23.0 Å². The van der Waals surface area contributed by atoms with Gasteiger partial charge in [0.05, 0.1) is 25.5 Å². The van der Waals surface area contributed by atoms with Crippen LogP contribution in [0.15, 0.2) is 66.4 Å². The predicted octanol–water partition coefficient (Wildman–Crippen LogP) is 4.14. The summed E-state index contributed by atoms with van der Waals surface area (Å²) in [6.07, 6.45) is 0. The summed E-state index contributed by atoms with van der Waals surface area (Å²) in [6, 6.07) is 17.6. The van der Waals surface area contributed by atoms with Crippen LogP contribution >= 0.6 is 0 Å². The number of carbonyl (C=O) groups is 2. The smallest absolute Gasteiger partial charge is 0.282 e. The summed E-state index contributed by atoms with van der Waals surface area (Å²) in [5.74, 6) is 1.12. The van der Waals surface area contributed by atoms with Crippen molar-refractivity contribution in [1.82, 2.24) is 0 Å². The highest BCUT2D eigenvalue weighted by molar-refractivity contribution is 6.46. The van der Waals surface area contributed by atoms with E-state index in [-0.39, 0.29) is 18.1 Å². The quantitative estimate of drug-likeness (QED) is 0.556. The molecule has 0 aliphatic carbocycles. The van der Waals surface area contributed by atoms with Crippen molar-refractivity contribution >= 4 is 28.8 Å². The number of hydrogen-bond acceptors (Lipinski definition) is 7. The van der Waals surface area contributed by atoms with Gasteiger partial charge in [-0.3, -0.25) is 9.59 Å². The molecule has 8 nitrogen and oxygen atoms in total. The summed E-state index contributed by atoms with van der Waals surface area (Å²) in [4.78, 5) is 28.5. The molecule has 0 saturated carbocycles. The highest BCUT2D eigenvalue weighted by Gasteiger charge is 2.41. The van der Waals surface area contributed by atoms with E-state index in [0.717, 1.165) is 10.5 Å². The first-order chi connectivity index (χ1) is 16.5. The molecule has 3 aromatic rings. The Hall–Kier alpha value is -4.46. The number of benzene rings is 3. The maximum atomic E-state index is 13.7. The van der Waals surface area contributed by atoms with Gasteiger partial charge >= 0.3 is 0 Å². The minimum atomic E-state index is -0.498. The van der Waals surface area contributed by atoms with Crippen LogP contribution < -0.4 is 29.2 Å². The first-order valence-electron chi connectivity index (χ1n) is 10.6. The zero-order chi connectivity index (χ0) is 23.8. The van der Waals surface area contributed by atoms with Crippen molar-refractivity contribution in [3.05, 3.63) is 77.5 Å². The molecule has 0 radical (unpaired) electrons. The topological polar surface area (TPSA) is 86.3 Å². The molecule has 0 atom stereocenters. The molecule has 2 aliphatic rings. The maximum Gasteiger partial charge on any atom is 0.282 e. The zero-order valence-corrected chi connectivity index (χ0v) is 18.9. The largest absolute Gasteiger partial charge is 0.497 e. The van der Waals surface area contributed by atoms with Crippen molar-refractivity contribution in [2.75, 3.05) is 31.2 Å². The fourth-order valence-corrected chi connectivity index (χ4v) is 3.94. The van der Waals surface area contributed by atoms with Crippen molar-refractivity contribution in [2.24, 2.45) is 0 Å². The number of ether oxygens (including phenoxy) is 4. The summed E-state index contributed by atoms with van der Waals surface area (Å²) in [6.45, 7) is 2.10. The highest BCUT2D eigenvalue weighted by Crippen LogP contribution is 2.40. The van der Waals surface area contributed by atoms with Gasteiger partial charge in [-0.25, -0.2) is 4.90 Å². The second-order valence-electron chi connectivity index (χ2n) is 7.79. The molecule has 0 spiro atoms. The van der Waals surface area contributed by atoms with E-state index < -0.39 is 11.8 Å². The summed E-state index contributed by atoms with van der Waals surface area (Å²) in [5.41, 5.74) is 3.01. The SMILES string of the molecule is COc1ccc(N2C(=O)C(Nc3ccc4c(c3)OCO4)=C(c3ccc(C)cc3)C2=O)c(OC)c1. The predicted molar refractivity (Wildman–Crippen MR) is 126 cm³/mol. The first-order valence-corrected chi connectivity index (χ1v) is 10.6. The van der Waals surface area contributed by atoms with Crippen LogP contribution in [0.2, 0.25) is 0 Å². The van der Waals surface area contributed by atoms with Gasteiger partial charge in [0, 0.05) is 17.8 Å². The van der Waals surface area contributed by atoms with Crippen molar-refractivity contribution in [2.45, 2.75) is 6.92 Å². The van der Waals surface area contributed by atoms with Gasteiger partial charge in [-0.1, -0.05) is 29.8 Å². The number of methoxy groups -OCH3 is 2.